The van der Waals surface area contributed by atoms with Crippen molar-refractivity contribution in [2.24, 2.45) is 5.41 Å². The molecular weight excluding hydrogens is 276 g/mol. The molecule has 0 unspecified atom stereocenters. The average Bonchev–Trinajstić information content (AvgIpc) is 2.52. The van der Waals surface area contributed by atoms with E-state index in [4.69, 9.17) is 0 Å². The molecule has 0 atom stereocenters. The molecule has 23 heavy (non-hydrogen) atoms. The van der Waals surface area contributed by atoms with Crippen molar-refractivity contribution < 1.29 is 0 Å². The minimum absolute atomic E-state index is 0.574. The Morgan fingerprint density at radius 1 is 0.609 bits per heavy atom. The number of rotatable bonds is 17. The quantitative estimate of drug-likeness (QED) is 0.185. The Bertz CT molecular complexity index is 249. The van der Waals surface area contributed by atoms with Crippen LogP contribution in [0.2, 0.25) is 0 Å². The van der Waals surface area contributed by atoms with E-state index < -0.39 is 0 Å². The van der Waals surface area contributed by atoms with E-state index in [9.17, 15) is 0 Å². The molecule has 0 aliphatic rings. The summed E-state index contributed by atoms with van der Waals surface area (Å²) in [5.41, 5.74) is 0.574. The van der Waals surface area contributed by atoms with Crippen LogP contribution in [0.3, 0.4) is 0 Å². The van der Waals surface area contributed by atoms with Crippen molar-refractivity contribution in [2.75, 3.05) is 0 Å². The topological polar surface area (TPSA) is 0 Å². The molecule has 0 N–H and O–H groups in total. The van der Waals surface area contributed by atoms with Crippen LogP contribution in [0.1, 0.15) is 130 Å². The van der Waals surface area contributed by atoms with Gasteiger partial charge in [0, 0.05) is 0 Å². The van der Waals surface area contributed by atoms with Gasteiger partial charge in [0.05, 0.1) is 0 Å². The zero-order valence-corrected chi connectivity index (χ0v) is 17.0. The van der Waals surface area contributed by atoms with Crippen LogP contribution in [0.4, 0.5) is 0 Å². The van der Waals surface area contributed by atoms with Crippen LogP contribution in [0, 0.1) is 5.41 Å². The second-order valence-corrected chi connectivity index (χ2v) is 8.26. The normalized spacial score (nSPS) is 12.3. The fourth-order valence-electron chi connectivity index (χ4n) is 3.43. The zero-order chi connectivity index (χ0) is 17.2. The van der Waals surface area contributed by atoms with Gasteiger partial charge in [-0.2, -0.15) is 0 Å². The van der Waals surface area contributed by atoms with Gasteiger partial charge in [-0.15, -0.1) is 0 Å². The summed E-state index contributed by atoms with van der Waals surface area (Å²) in [5, 5.41) is 0. The summed E-state index contributed by atoms with van der Waals surface area (Å²) < 4.78 is 0. The van der Waals surface area contributed by atoms with Crippen molar-refractivity contribution >= 4 is 0 Å². The molecule has 0 aromatic rings. The van der Waals surface area contributed by atoms with E-state index >= 15 is 0 Å². The maximum atomic E-state index is 2.48. The highest BCUT2D eigenvalue weighted by atomic mass is 14.2. The lowest BCUT2D eigenvalue weighted by molar-refractivity contribution is 0.282. The van der Waals surface area contributed by atoms with E-state index in [1.165, 1.54) is 103 Å². The highest BCUT2D eigenvalue weighted by Gasteiger charge is 2.16. The number of hydrogen-bond acceptors (Lipinski definition) is 0. The predicted octanol–water partition coefficient (Wildman–Crippen LogP) is 8.85. The molecule has 0 saturated heterocycles. The first kappa shape index (κ1) is 22.7. The minimum atomic E-state index is 0.574. The maximum absolute atomic E-state index is 2.48. The van der Waals surface area contributed by atoms with Crippen LogP contribution in [0.5, 0.6) is 0 Å². The van der Waals surface area contributed by atoms with E-state index in [-0.39, 0.29) is 0 Å². The lowest BCUT2D eigenvalue weighted by Gasteiger charge is -2.24. The van der Waals surface area contributed by atoms with Gasteiger partial charge in [-0.3, -0.25) is 0 Å². The summed E-state index contributed by atoms with van der Waals surface area (Å²) in [5.74, 6) is 0. The van der Waals surface area contributed by atoms with Gasteiger partial charge in [0.1, 0.15) is 0 Å². The van der Waals surface area contributed by atoms with Gasteiger partial charge in [0.25, 0.3) is 0 Å². The van der Waals surface area contributed by atoms with Crippen molar-refractivity contribution in [3.63, 3.8) is 0 Å². The van der Waals surface area contributed by atoms with E-state index in [2.05, 4.69) is 39.8 Å². The first-order valence-corrected chi connectivity index (χ1v) is 10.7. The van der Waals surface area contributed by atoms with Crippen molar-refractivity contribution in [1.29, 1.82) is 0 Å². The van der Waals surface area contributed by atoms with Gasteiger partial charge in [-0.25, -0.2) is 0 Å². The standard InChI is InChI=1S/C23H46/c1-5-7-9-11-13-14-16-18-20-22-23(3,4)21-19-17-15-12-10-8-6-2/h6,8H,5,7,9-22H2,1-4H3. The van der Waals surface area contributed by atoms with Crippen LogP contribution in [-0.2, 0) is 0 Å². The maximum Gasteiger partial charge on any atom is -0.0351 e. The van der Waals surface area contributed by atoms with Crippen LogP contribution in [0.15, 0.2) is 12.2 Å². The second-order valence-electron chi connectivity index (χ2n) is 8.26. The molecule has 0 heteroatoms. The van der Waals surface area contributed by atoms with E-state index in [0.717, 1.165) is 0 Å². The highest BCUT2D eigenvalue weighted by Crippen LogP contribution is 2.30. The lowest BCUT2D eigenvalue weighted by Crippen LogP contribution is -2.11. The highest BCUT2D eigenvalue weighted by molar-refractivity contribution is 4.76. The number of unbranched alkanes of at least 4 members (excludes halogenated alkanes) is 12. The van der Waals surface area contributed by atoms with Gasteiger partial charge in [-0.05, 0) is 38.0 Å². The summed E-state index contributed by atoms with van der Waals surface area (Å²) in [6, 6.07) is 0. The molecular formula is C23H46. The van der Waals surface area contributed by atoms with E-state index in [1.54, 1.807) is 0 Å². The first-order valence-electron chi connectivity index (χ1n) is 10.7. The fourth-order valence-corrected chi connectivity index (χ4v) is 3.43. The molecule has 0 heterocycles. The predicted molar refractivity (Wildman–Crippen MR) is 108 cm³/mol. The molecule has 0 saturated carbocycles. The van der Waals surface area contributed by atoms with Crippen LogP contribution < -0.4 is 0 Å². The van der Waals surface area contributed by atoms with Gasteiger partial charge < -0.3 is 0 Å². The Kier molecular flexibility index (Phi) is 16.4. The van der Waals surface area contributed by atoms with Gasteiger partial charge in [0.2, 0.25) is 0 Å². The average molecular weight is 323 g/mol. The third kappa shape index (κ3) is 17.9. The Morgan fingerprint density at radius 3 is 1.52 bits per heavy atom. The second kappa shape index (κ2) is 16.6. The van der Waals surface area contributed by atoms with Crippen molar-refractivity contribution in [3.05, 3.63) is 12.2 Å². The summed E-state index contributed by atoms with van der Waals surface area (Å²) in [6.45, 7) is 9.38. The largest absolute Gasteiger partial charge is 0.0917 e. The molecule has 0 fully saturated rings. The Morgan fingerprint density at radius 2 is 1.04 bits per heavy atom. The third-order valence-electron chi connectivity index (χ3n) is 5.17. The van der Waals surface area contributed by atoms with Gasteiger partial charge in [0.15, 0.2) is 0 Å². The molecule has 0 nitrogen and oxygen atoms in total. The van der Waals surface area contributed by atoms with E-state index in [0.29, 0.717) is 5.41 Å². The Labute approximate surface area is 148 Å². The molecule has 0 amide bonds. The number of allylic oxidation sites excluding steroid dienone is 2. The monoisotopic (exact) mass is 322 g/mol. The molecule has 0 bridgehead atoms. The van der Waals surface area contributed by atoms with Crippen molar-refractivity contribution in [3.8, 4) is 0 Å². The summed E-state index contributed by atoms with van der Waals surface area (Å²) in [6.07, 6.45) is 27.3. The van der Waals surface area contributed by atoms with Crippen molar-refractivity contribution in [2.45, 2.75) is 130 Å². The van der Waals surface area contributed by atoms with Gasteiger partial charge in [-0.1, -0.05) is 110 Å². The third-order valence-corrected chi connectivity index (χ3v) is 5.17. The summed E-state index contributed by atoms with van der Waals surface area (Å²) >= 11 is 0. The van der Waals surface area contributed by atoms with Crippen molar-refractivity contribution in [1.82, 2.24) is 0 Å². The van der Waals surface area contributed by atoms with Crippen LogP contribution >= 0.6 is 0 Å². The first-order chi connectivity index (χ1) is 11.1. The molecule has 0 radical (unpaired) electrons. The van der Waals surface area contributed by atoms with Crippen LogP contribution in [-0.4, -0.2) is 0 Å². The lowest BCUT2D eigenvalue weighted by atomic mass is 9.82. The molecule has 0 aromatic carbocycles. The fraction of sp³-hybridized carbons (Fsp3) is 0.913. The summed E-state index contributed by atoms with van der Waals surface area (Å²) in [7, 11) is 0. The smallest absolute Gasteiger partial charge is 0.0351 e. The van der Waals surface area contributed by atoms with Crippen LogP contribution in [0.25, 0.3) is 0 Å². The molecule has 0 aromatic heterocycles. The molecule has 0 spiro atoms. The molecule has 0 aliphatic carbocycles. The Hall–Kier alpha value is -0.260. The zero-order valence-electron chi connectivity index (χ0n) is 17.0. The molecule has 0 aliphatic heterocycles. The number of hydrogen-bond donors (Lipinski definition) is 0. The van der Waals surface area contributed by atoms with Gasteiger partial charge >= 0.3 is 0 Å². The Balaban J connectivity index is 3.36. The SMILES string of the molecule is CC=CCCCCCCC(C)(C)CCCCCCCCCCC. The minimum Gasteiger partial charge on any atom is -0.0917 e. The summed E-state index contributed by atoms with van der Waals surface area (Å²) in [4.78, 5) is 0. The molecule has 138 valence electrons. The van der Waals surface area contributed by atoms with E-state index in [1.807, 2.05) is 0 Å². The molecule has 0 rings (SSSR count).